The van der Waals surface area contributed by atoms with Crippen molar-refractivity contribution in [3.8, 4) is 0 Å². The zero-order valence-corrected chi connectivity index (χ0v) is 11.3. The van der Waals surface area contributed by atoms with Crippen LogP contribution in [0.5, 0.6) is 0 Å². The van der Waals surface area contributed by atoms with Crippen molar-refractivity contribution in [3.63, 3.8) is 0 Å². The number of nitrogen functional groups attached to an aromatic ring is 1. The summed E-state index contributed by atoms with van der Waals surface area (Å²) in [5, 5.41) is 2.91. The van der Waals surface area contributed by atoms with Gasteiger partial charge in [0.1, 0.15) is 11.5 Å². The number of amides is 1. The maximum atomic E-state index is 11.9. The molecule has 1 saturated carbocycles. The third-order valence-corrected chi connectivity index (χ3v) is 4.69. The molecule has 0 aliphatic heterocycles. The van der Waals surface area contributed by atoms with E-state index >= 15 is 0 Å². The van der Waals surface area contributed by atoms with Crippen molar-refractivity contribution < 1.29 is 4.79 Å². The van der Waals surface area contributed by atoms with E-state index in [0.717, 1.165) is 0 Å². The van der Waals surface area contributed by atoms with Crippen molar-refractivity contribution >= 4 is 11.7 Å². The molecule has 0 saturated heterocycles. The summed E-state index contributed by atoms with van der Waals surface area (Å²) in [6.45, 7) is 9.59. The molecule has 1 heterocycles. The number of hydrogen-bond acceptors (Lipinski definition) is 4. The van der Waals surface area contributed by atoms with Crippen LogP contribution in [0.2, 0.25) is 0 Å². The monoisotopic (exact) mass is 248 g/mol. The van der Waals surface area contributed by atoms with Crippen LogP contribution in [0.15, 0.2) is 12.4 Å². The lowest BCUT2D eigenvalue weighted by molar-refractivity contribution is 0.0944. The Labute approximate surface area is 107 Å². The summed E-state index contributed by atoms with van der Waals surface area (Å²) in [6, 6.07) is 0. The van der Waals surface area contributed by atoms with Crippen molar-refractivity contribution in [3.05, 3.63) is 18.1 Å². The molecule has 98 valence electrons. The van der Waals surface area contributed by atoms with E-state index in [-0.39, 0.29) is 16.7 Å². The average Bonchev–Trinajstić information content (AvgIpc) is 2.67. The van der Waals surface area contributed by atoms with Crippen molar-refractivity contribution in [2.45, 2.75) is 27.7 Å². The first-order valence-electron chi connectivity index (χ1n) is 6.12. The first-order chi connectivity index (χ1) is 8.26. The molecule has 1 aliphatic rings. The van der Waals surface area contributed by atoms with Gasteiger partial charge in [0.05, 0.1) is 12.4 Å². The van der Waals surface area contributed by atoms with Crippen LogP contribution in [0.25, 0.3) is 0 Å². The van der Waals surface area contributed by atoms with Gasteiger partial charge in [0.25, 0.3) is 5.91 Å². The molecule has 1 fully saturated rings. The Balaban J connectivity index is 1.92. The van der Waals surface area contributed by atoms with E-state index in [0.29, 0.717) is 24.0 Å². The topological polar surface area (TPSA) is 80.9 Å². The lowest BCUT2D eigenvalue weighted by Crippen LogP contribution is -2.28. The Hall–Kier alpha value is -1.65. The standard InChI is InChI=1S/C13H20N4O/c1-12(2)9(13(12,3)4)6-17-11(18)8-5-16-10(14)7-15-8/h5,7,9H,6H2,1-4H3,(H2,14,16)(H,17,18). The Morgan fingerprint density at radius 2 is 1.89 bits per heavy atom. The number of rotatable bonds is 3. The maximum absolute atomic E-state index is 11.9. The molecule has 3 N–H and O–H groups in total. The second-order valence-corrected chi connectivity index (χ2v) is 6.03. The van der Waals surface area contributed by atoms with E-state index in [1.165, 1.54) is 12.4 Å². The Kier molecular flexibility index (Phi) is 2.80. The Morgan fingerprint density at radius 1 is 1.28 bits per heavy atom. The summed E-state index contributed by atoms with van der Waals surface area (Å²) in [4.78, 5) is 19.7. The number of hydrogen-bond donors (Lipinski definition) is 2. The van der Waals surface area contributed by atoms with Gasteiger partial charge in [-0.1, -0.05) is 27.7 Å². The zero-order chi connectivity index (χ0) is 13.6. The van der Waals surface area contributed by atoms with E-state index in [2.05, 4.69) is 43.0 Å². The van der Waals surface area contributed by atoms with Gasteiger partial charge in [-0.05, 0) is 16.7 Å². The maximum Gasteiger partial charge on any atom is 0.271 e. The normalized spacial score (nSPS) is 20.4. The molecule has 1 aromatic heterocycles. The summed E-state index contributed by atoms with van der Waals surface area (Å²) in [7, 11) is 0. The lowest BCUT2D eigenvalue weighted by atomic mass is 10.0. The number of nitrogens with one attached hydrogen (secondary N) is 1. The largest absolute Gasteiger partial charge is 0.382 e. The van der Waals surface area contributed by atoms with Crippen molar-refractivity contribution in [2.24, 2.45) is 16.7 Å². The van der Waals surface area contributed by atoms with Crippen LogP contribution in [0, 0.1) is 16.7 Å². The predicted molar refractivity (Wildman–Crippen MR) is 69.8 cm³/mol. The molecule has 1 aromatic rings. The first-order valence-corrected chi connectivity index (χ1v) is 6.12. The molecule has 5 heteroatoms. The van der Waals surface area contributed by atoms with Crippen LogP contribution < -0.4 is 11.1 Å². The van der Waals surface area contributed by atoms with Gasteiger partial charge in [-0.3, -0.25) is 4.79 Å². The predicted octanol–water partition coefficient (Wildman–Crippen LogP) is 1.47. The number of nitrogens with two attached hydrogens (primary N) is 1. The smallest absolute Gasteiger partial charge is 0.271 e. The molecule has 0 unspecified atom stereocenters. The molecule has 18 heavy (non-hydrogen) atoms. The molecular formula is C13H20N4O. The fourth-order valence-corrected chi connectivity index (χ4v) is 2.58. The Morgan fingerprint density at radius 3 is 2.33 bits per heavy atom. The second-order valence-electron chi connectivity index (χ2n) is 6.03. The number of aromatic nitrogens is 2. The minimum atomic E-state index is -0.194. The molecule has 1 amide bonds. The van der Waals surface area contributed by atoms with E-state index in [4.69, 9.17) is 5.73 Å². The molecule has 0 atom stereocenters. The van der Waals surface area contributed by atoms with Crippen LogP contribution in [0.3, 0.4) is 0 Å². The van der Waals surface area contributed by atoms with Gasteiger partial charge in [-0.2, -0.15) is 0 Å². The number of carbonyl (C=O) groups is 1. The highest BCUT2D eigenvalue weighted by Crippen LogP contribution is 2.67. The number of nitrogens with zero attached hydrogens (tertiary/aromatic N) is 2. The van der Waals surface area contributed by atoms with E-state index in [9.17, 15) is 4.79 Å². The third kappa shape index (κ3) is 1.94. The van der Waals surface area contributed by atoms with Crippen LogP contribution in [-0.4, -0.2) is 22.4 Å². The van der Waals surface area contributed by atoms with Crippen molar-refractivity contribution in [2.75, 3.05) is 12.3 Å². The molecular weight excluding hydrogens is 228 g/mol. The van der Waals surface area contributed by atoms with Crippen LogP contribution >= 0.6 is 0 Å². The van der Waals surface area contributed by atoms with Gasteiger partial charge in [-0.25, -0.2) is 9.97 Å². The first kappa shape index (κ1) is 12.8. The van der Waals surface area contributed by atoms with Crippen LogP contribution in [0.1, 0.15) is 38.2 Å². The van der Waals surface area contributed by atoms with E-state index < -0.39 is 0 Å². The highest BCUT2D eigenvalue weighted by Gasteiger charge is 2.64. The van der Waals surface area contributed by atoms with Crippen LogP contribution in [0.4, 0.5) is 5.82 Å². The van der Waals surface area contributed by atoms with E-state index in [1.54, 1.807) is 0 Å². The highest BCUT2D eigenvalue weighted by atomic mass is 16.1. The SMILES string of the molecule is CC1(C)C(CNC(=O)c2cnc(N)cn2)C1(C)C. The van der Waals surface area contributed by atoms with Gasteiger partial charge >= 0.3 is 0 Å². The van der Waals surface area contributed by atoms with Crippen molar-refractivity contribution in [1.82, 2.24) is 15.3 Å². The van der Waals surface area contributed by atoms with Gasteiger partial charge in [0.15, 0.2) is 0 Å². The summed E-state index contributed by atoms with van der Waals surface area (Å²) < 4.78 is 0. The summed E-state index contributed by atoms with van der Waals surface area (Å²) in [5.41, 5.74) is 6.27. The molecule has 0 aromatic carbocycles. The fourth-order valence-electron chi connectivity index (χ4n) is 2.58. The average molecular weight is 248 g/mol. The van der Waals surface area contributed by atoms with Gasteiger partial charge in [0.2, 0.25) is 0 Å². The minimum absolute atomic E-state index is 0.194. The molecule has 0 radical (unpaired) electrons. The molecule has 1 aliphatic carbocycles. The lowest BCUT2D eigenvalue weighted by Gasteiger charge is -2.05. The summed E-state index contributed by atoms with van der Waals surface area (Å²) in [5.74, 6) is 0.618. The molecule has 0 spiro atoms. The molecule has 0 bridgehead atoms. The Bertz CT molecular complexity index is 450. The number of carbonyl (C=O) groups excluding carboxylic acids is 1. The fraction of sp³-hybridized carbons (Fsp3) is 0.615. The summed E-state index contributed by atoms with van der Waals surface area (Å²) >= 11 is 0. The molecule has 5 nitrogen and oxygen atoms in total. The summed E-state index contributed by atoms with van der Waals surface area (Å²) in [6.07, 6.45) is 2.79. The van der Waals surface area contributed by atoms with Gasteiger partial charge < -0.3 is 11.1 Å². The van der Waals surface area contributed by atoms with Gasteiger partial charge in [0, 0.05) is 6.54 Å². The van der Waals surface area contributed by atoms with E-state index in [1.807, 2.05) is 0 Å². The van der Waals surface area contributed by atoms with Crippen LogP contribution in [-0.2, 0) is 0 Å². The number of anilines is 1. The third-order valence-electron chi connectivity index (χ3n) is 4.69. The van der Waals surface area contributed by atoms with Gasteiger partial charge in [-0.15, -0.1) is 0 Å². The highest BCUT2D eigenvalue weighted by molar-refractivity contribution is 5.92. The molecule has 2 rings (SSSR count). The zero-order valence-electron chi connectivity index (χ0n) is 11.3. The second kappa shape index (κ2) is 3.93. The quantitative estimate of drug-likeness (QED) is 0.848. The van der Waals surface area contributed by atoms with Crippen molar-refractivity contribution in [1.29, 1.82) is 0 Å². The minimum Gasteiger partial charge on any atom is -0.382 e.